The molecule has 0 aliphatic carbocycles. The first-order valence-corrected chi connectivity index (χ1v) is 10.8. The van der Waals surface area contributed by atoms with Crippen LogP contribution in [0.25, 0.3) is 0 Å². The van der Waals surface area contributed by atoms with Crippen LogP contribution in [0.2, 0.25) is 0 Å². The lowest BCUT2D eigenvalue weighted by Crippen LogP contribution is -2.49. The van der Waals surface area contributed by atoms with Gasteiger partial charge < -0.3 is 15.0 Å². The van der Waals surface area contributed by atoms with Crippen LogP contribution in [-0.2, 0) is 16.0 Å². The number of anilines is 1. The Labute approximate surface area is 174 Å². The molecule has 0 bridgehead atoms. The molecule has 1 aromatic carbocycles. The van der Waals surface area contributed by atoms with Gasteiger partial charge in [-0.25, -0.2) is 4.79 Å². The minimum Gasteiger partial charge on any atom is -0.444 e. The third-order valence-electron chi connectivity index (χ3n) is 5.79. The van der Waals surface area contributed by atoms with Gasteiger partial charge in [-0.3, -0.25) is 9.69 Å². The Morgan fingerprint density at radius 3 is 2.52 bits per heavy atom. The van der Waals surface area contributed by atoms with Crippen molar-refractivity contribution in [3.63, 3.8) is 0 Å². The van der Waals surface area contributed by atoms with E-state index in [-0.39, 0.29) is 18.0 Å². The average molecular weight is 402 g/mol. The fraction of sp³-hybridized carbons (Fsp3) is 0.652. The van der Waals surface area contributed by atoms with Gasteiger partial charge in [0.1, 0.15) is 5.60 Å². The number of likely N-dealkylation sites (tertiary alicyclic amines) is 1. The topological polar surface area (TPSA) is 61.9 Å². The molecule has 2 aliphatic heterocycles. The normalized spacial score (nSPS) is 20.8. The van der Waals surface area contributed by atoms with Crippen LogP contribution in [0.3, 0.4) is 0 Å². The van der Waals surface area contributed by atoms with Crippen LogP contribution in [0.1, 0.15) is 52.5 Å². The number of fused-ring (bicyclic) bond motifs is 1. The minimum atomic E-state index is -0.474. The number of hydrogen-bond donors (Lipinski definition) is 1. The van der Waals surface area contributed by atoms with Crippen molar-refractivity contribution >= 4 is 17.7 Å². The number of carbonyl (C=O) groups is 2. The molecule has 1 aromatic rings. The lowest BCUT2D eigenvalue weighted by molar-refractivity contribution is -0.120. The zero-order chi connectivity index (χ0) is 21.0. The Balaban J connectivity index is 1.46. The van der Waals surface area contributed by atoms with Crippen LogP contribution in [0.4, 0.5) is 10.5 Å². The molecule has 1 fully saturated rings. The monoisotopic (exact) mass is 401 g/mol. The molecular formula is C23H35N3O3. The van der Waals surface area contributed by atoms with Gasteiger partial charge in [0.15, 0.2) is 0 Å². The van der Waals surface area contributed by atoms with Gasteiger partial charge in [0.2, 0.25) is 5.91 Å². The maximum Gasteiger partial charge on any atom is 0.407 e. The number of rotatable bonds is 4. The summed E-state index contributed by atoms with van der Waals surface area (Å²) in [6, 6.07) is 8.50. The highest BCUT2D eigenvalue weighted by Crippen LogP contribution is 2.30. The molecule has 1 unspecified atom stereocenters. The van der Waals surface area contributed by atoms with E-state index in [0.717, 1.165) is 44.5 Å². The van der Waals surface area contributed by atoms with Gasteiger partial charge in [-0.05, 0) is 84.0 Å². The van der Waals surface area contributed by atoms with Gasteiger partial charge in [-0.2, -0.15) is 0 Å². The van der Waals surface area contributed by atoms with Crippen molar-refractivity contribution < 1.29 is 14.3 Å². The van der Waals surface area contributed by atoms with Crippen molar-refractivity contribution in [2.75, 3.05) is 31.1 Å². The first kappa shape index (κ1) is 21.6. The third-order valence-corrected chi connectivity index (χ3v) is 5.79. The molecule has 6 heteroatoms. The summed E-state index contributed by atoms with van der Waals surface area (Å²) < 4.78 is 5.30. The van der Waals surface area contributed by atoms with E-state index in [1.807, 2.05) is 37.8 Å². The van der Waals surface area contributed by atoms with Gasteiger partial charge in [-0.15, -0.1) is 0 Å². The lowest BCUT2D eigenvalue weighted by Gasteiger charge is -2.38. The first-order valence-electron chi connectivity index (χ1n) is 10.8. The largest absolute Gasteiger partial charge is 0.444 e. The van der Waals surface area contributed by atoms with E-state index in [1.165, 1.54) is 5.56 Å². The molecule has 3 rings (SSSR count). The predicted molar refractivity (Wildman–Crippen MR) is 115 cm³/mol. The summed E-state index contributed by atoms with van der Waals surface area (Å²) >= 11 is 0. The minimum absolute atomic E-state index is 0.190. The summed E-state index contributed by atoms with van der Waals surface area (Å²) in [5.74, 6) is 0.624. The van der Waals surface area contributed by atoms with Gasteiger partial charge in [-0.1, -0.05) is 18.2 Å². The van der Waals surface area contributed by atoms with E-state index >= 15 is 0 Å². The number of benzene rings is 1. The predicted octanol–water partition coefficient (Wildman–Crippen LogP) is 3.59. The second-order valence-electron chi connectivity index (χ2n) is 9.38. The smallest absolute Gasteiger partial charge is 0.407 e. The van der Waals surface area contributed by atoms with E-state index in [1.54, 1.807) is 0 Å². The first-order chi connectivity index (χ1) is 13.7. The number of hydrogen-bond acceptors (Lipinski definition) is 4. The zero-order valence-corrected chi connectivity index (χ0v) is 18.2. The molecule has 0 saturated carbocycles. The Morgan fingerprint density at radius 2 is 1.83 bits per heavy atom. The average Bonchev–Trinajstić information content (AvgIpc) is 2.66. The van der Waals surface area contributed by atoms with Crippen LogP contribution < -0.4 is 10.2 Å². The summed E-state index contributed by atoms with van der Waals surface area (Å²) in [4.78, 5) is 29.1. The SMILES string of the molecule is CC1CCc2ccccc2N1C(=O)CN1CCC(CNC(=O)OC(C)(C)C)CC1. The molecule has 0 radical (unpaired) electrons. The van der Waals surface area contributed by atoms with Crippen LogP contribution in [0.15, 0.2) is 24.3 Å². The summed E-state index contributed by atoms with van der Waals surface area (Å²) in [6.45, 7) is 10.6. The quantitative estimate of drug-likeness (QED) is 0.838. The molecule has 2 aliphatic rings. The summed E-state index contributed by atoms with van der Waals surface area (Å²) in [7, 11) is 0. The van der Waals surface area contributed by atoms with Crippen LogP contribution in [-0.4, -0.2) is 54.7 Å². The van der Waals surface area contributed by atoms with E-state index < -0.39 is 5.60 Å². The number of para-hydroxylation sites is 1. The number of aryl methyl sites for hydroxylation is 1. The highest BCUT2D eigenvalue weighted by Gasteiger charge is 2.30. The standard InChI is InChI=1S/C23H35N3O3/c1-17-9-10-19-7-5-6-8-20(19)26(17)21(27)16-25-13-11-18(12-14-25)15-24-22(28)29-23(2,3)4/h5-8,17-18H,9-16H2,1-4H3,(H,24,28). The van der Waals surface area contributed by atoms with E-state index in [4.69, 9.17) is 4.74 Å². The molecule has 0 spiro atoms. The van der Waals surface area contributed by atoms with Crippen molar-refractivity contribution in [3.8, 4) is 0 Å². The maximum atomic E-state index is 13.1. The number of amides is 2. The van der Waals surface area contributed by atoms with Gasteiger partial charge in [0.25, 0.3) is 0 Å². The molecule has 1 saturated heterocycles. The zero-order valence-electron chi connectivity index (χ0n) is 18.2. The molecule has 29 heavy (non-hydrogen) atoms. The number of nitrogens with zero attached hydrogens (tertiary/aromatic N) is 2. The number of ether oxygens (including phenoxy) is 1. The van der Waals surface area contributed by atoms with Crippen molar-refractivity contribution in [1.29, 1.82) is 0 Å². The summed E-state index contributed by atoms with van der Waals surface area (Å²) in [5.41, 5.74) is 1.87. The number of nitrogens with one attached hydrogen (secondary N) is 1. The maximum absolute atomic E-state index is 13.1. The number of carbonyl (C=O) groups excluding carboxylic acids is 2. The van der Waals surface area contributed by atoms with Crippen molar-refractivity contribution in [2.24, 2.45) is 5.92 Å². The molecule has 2 amide bonds. The number of piperidine rings is 1. The fourth-order valence-electron chi connectivity index (χ4n) is 4.23. The third kappa shape index (κ3) is 5.95. The van der Waals surface area contributed by atoms with Gasteiger partial charge in [0, 0.05) is 18.3 Å². The summed E-state index contributed by atoms with van der Waals surface area (Å²) in [6.07, 6.45) is 3.66. The van der Waals surface area contributed by atoms with Gasteiger partial charge in [0.05, 0.1) is 6.54 Å². The molecule has 2 heterocycles. The van der Waals surface area contributed by atoms with Crippen molar-refractivity contribution in [2.45, 2.75) is 65.0 Å². The van der Waals surface area contributed by atoms with Crippen LogP contribution >= 0.6 is 0 Å². The second kappa shape index (κ2) is 9.16. The highest BCUT2D eigenvalue weighted by atomic mass is 16.6. The van der Waals surface area contributed by atoms with E-state index in [0.29, 0.717) is 19.0 Å². The Bertz CT molecular complexity index is 720. The molecular weight excluding hydrogens is 366 g/mol. The van der Waals surface area contributed by atoms with Crippen molar-refractivity contribution in [3.05, 3.63) is 29.8 Å². The Kier molecular flexibility index (Phi) is 6.83. The Morgan fingerprint density at radius 1 is 1.14 bits per heavy atom. The van der Waals surface area contributed by atoms with Crippen molar-refractivity contribution in [1.82, 2.24) is 10.2 Å². The number of alkyl carbamates (subject to hydrolysis) is 1. The molecule has 6 nitrogen and oxygen atoms in total. The molecule has 0 aromatic heterocycles. The summed E-state index contributed by atoms with van der Waals surface area (Å²) in [5, 5.41) is 2.88. The fourth-order valence-corrected chi connectivity index (χ4v) is 4.23. The van der Waals surface area contributed by atoms with Crippen LogP contribution in [0, 0.1) is 5.92 Å². The molecule has 1 N–H and O–H groups in total. The van der Waals surface area contributed by atoms with E-state index in [9.17, 15) is 9.59 Å². The van der Waals surface area contributed by atoms with E-state index in [2.05, 4.69) is 29.3 Å². The molecule has 1 atom stereocenters. The lowest BCUT2D eigenvalue weighted by atomic mass is 9.95. The highest BCUT2D eigenvalue weighted by molar-refractivity contribution is 5.96. The van der Waals surface area contributed by atoms with Gasteiger partial charge >= 0.3 is 6.09 Å². The van der Waals surface area contributed by atoms with Crippen LogP contribution in [0.5, 0.6) is 0 Å². The Hall–Kier alpha value is -2.08. The second-order valence-corrected chi connectivity index (χ2v) is 9.38. The molecule has 160 valence electrons.